The second-order valence-corrected chi connectivity index (χ2v) is 4.08. The van der Waals surface area contributed by atoms with Crippen molar-refractivity contribution in [3.8, 4) is 0 Å². The van der Waals surface area contributed by atoms with Crippen molar-refractivity contribution in [1.29, 1.82) is 0 Å². The van der Waals surface area contributed by atoms with Crippen LogP contribution in [0.1, 0.15) is 12.0 Å². The summed E-state index contributed by atoms with van der Waals surface area (Å²) < 4.78 is 9.28. The molecule has 5 heteroatoms. The fraction of sp³-hybridized carbons (Fsp3) is 0.333. The number of aliphatic hydroxyl groups is 1. The zero-order valence-corrected chi connectivity index (χ0v) is 11.5. The fourth-order valence-electron chi connectivity index (χ4n) is 1.83. The number of aliphatic hydroxyl groups excluding tert-OH is 1. The smallest absolute Gasteiger partial charge is 0.324 e. The van der Waals surface area contributed by atoms with Crippen molar-refractivity contribution in [2.75, 3.05) is 20.8 Å². The molecule has 0 heterocycles. The van der Waals surface area contributed by atoms with Crippen LogP contribution in [-0.4, -0.2) is 37.9 Å². The standard InChI is InChI=1S/C15H18O5/c1-19-14(17)13(15(18)20-2)12(8-9-16)10-11-6-4-3-5-7-11/h3-7,10,13,16H,8-9H2,1-2H3. The number of benzene rings is 1. The molecule has 0 atom stereocenters. The summed E-state index contributed by atoms with van der Waals surface area (Å²) in [5.74, 6) is -2.56. The third kappa shape index (κ3) is 4.20. The lowest BCUT2D eigenvalue weighted by Crippen LogP contribution is -2.28. The molecule has 20 heavy (non-hydrogen) atoms. The average molecular weight is 278 g/mol. The highest BCUT2D eigenvalue weighted by Crippen LogP contribution is 2.21. The van der Waals surface area contributed by atoms with E-state index in [1.54, 1.807) is 6.08 Å². The summed E-state index contributed by atoms with van der Waals surface area (Å²) in [6, 6.07) is 9.22. The number of esters is 2. The fourth-order valence-corrected chi connectivity index (χ4v) is 1.83. The highest BCUT2D eigenvalue weighted by molar-refractivity contribution is 5.99. The van der Waals surface area contributed by atoms with E-state index in [1.165, 1.54) is 14.2 Å². The summed E-state index contributed by atoms with van der Waals surface area (Å²) in [5.41, 5.74) is 1.28. The number of carbonyl (C=O) groups is 2. The molecule has 5 nitrogen and oxygen atoms in total. The van der Waals surface area contributed by atoms with E-state index < -0.39 is 17.9 Å². The maximum absolute atomic E-state index is 11.8. The molecule has 1 aromatic rings. The predicted molar refractivity (Wildman–Crippen MR) is 73.6 cm³/mol. The number of rotatable bonds is 6. The molecule has 0 unspecified atom stereocenters. The number of carbonyl (C=O) groups excluding carboxylic acids is 2. The van der Waals surface area contributed by atoms with Crippen LogP contribution in [0.3, 0.4) is 0 Å². The first kappa shape index (κ1) is 15.9. The minimum absolute atomic E-state index is 0.177. The molecule has 108 valence electrons. The van der Waals surface area contributed by atoms with Crippen molar-refractivity contribution in [3.63, 3.8) is 0 Å². The third-order valence-corrected chi connectivity index (χ3v) is 2.80. The molecule has 0 radical (unpaired) electrons. The summed E-state index contributed by atoms with van der Waals surface area (Å²) in [7, 11) is 2.41. The maximum Gasteiger partial charge on any atom is 0.324 e. The van der Waals surface area contributed by atoms with Crippen molar-refractivity contribution >= 4 is 18.0 Å². The van der Waals surface area contributed by atoms with Crippen LogP contribution in [0, 0.1) is 5.92 Å². The zero-order valence-electron chi connectivity index (χ0n) is 11.5. The molecule has 0 amide bonds. The van der Waals surface area contributed by atoms with Gasteiger partial charge in [-0.1, -0.05) is 36.4 Å². The van der Waals surface area contributed by atoms with E-state index in [9.17, 15) is 9.59 Å². The van der Waals surface area contributed by atoms with Gasteiger partial charge in [0.25, 0.3) is 0 Å². The van der Waals surface area contributed by atoms with E-state index in [1.807, 2.05) is 30.3 Å². The van der Waals surface area contributed by atoms with Crippen LogP contribution in [0.2, 0.25) is 0 Å². The van der Waals surface area contributed by atoms with E-state index in [2.05, 4.69) is 9.47 Å². The second-order valence-electron chi connectivity index (χ2n) is 4.08. The summed E-state index contributed by atoms with van der Waals surface area (Å²) in [4.78, 5) is 23.5. The molecule has 0 aromatic heterocycles. The van der Waals surface area contributed by atoms with E-state index in [4.69, 9.17) is 5.11 Å². The Morgan fingerprint density at radius 3 is 2.15 bits per heavy atom. The minimum Gasteiger partial charge on any atom is -0.468 e. The average Bonchev–Trinajstić information content (AvgIpc) is 2.48. The van der Waals surface area contributed by atoms with Crippen LogP contribution in [0.25, 0.3) is 6.08 Å². The van der Waals surface area contributed by atoms with Gasteiger partial charge in [0.2, 0.25) is 0 Å². The van der Waals surface area contributed by atoms with Crippen LogP contribution in [0.4, 0.5) is 0 Å². The molecule has 0 aliphatic carbocycles. The Bertz CT molecular complexity index is 462. The summed E-state index contributed by atoms with van der Waals surface area (Å²) in [5, 5.41) is 9.13. The Labute approximate surface area is 117 Å². The van der Waals surface area contributed by atoms with Crippen molar-refractivity contribution in [3.05, 3.63) is 41.5 Å². The highest BCUT2D eigenvalue weighted by Gasteiger charge is 2.32. The SMILES string of the molecule is COC(=O)C(C(=O)OC)C(=Cc1ccccc1)CCO. The molecule has 0 bridgehead atoms. The van der Waals surface area contributed by atoms with Crippen molar-refractivity contribution < 1.29 is 24.2 Å². The quantitative estimate of drug-likeness (QED) is 0.629. The summed E-state index contributed by atoms with van der Waals surface area (Å²) in [6.07, 6.45) is 1.87. The Balaban J connectivity index is 3.17. The van der Waals surface area contributed by atoms with Gasteiger partial charge in [0.1, 0.15) is 0 Å². The van der Waals surface area contributed by atoms with Crippen LogP contribution >= 0.6 is 0 Å². The molecular formula is C15H18O5. The molecule has 0 saturated heterocycles. The number of hydrogen-bond donors (Lipinski definition) is 1. The van der Waals surface area contributed by atoms with Gasteiger partial charge < -0.3 is 14.6 Å². The predicted octanol–water partition coefficient (Wildman–Crippen LogP) is 1.41. The van der Waals surface area contributed by atoms with E-state index >= 15 is 0 Å². The molecule has 1 N–H and O–H groups in total. The number of hydrogen-bond acceptors (Lipinski definition) is 5. The molecular weight excluding hydrogens is 260 g/mol. The Morgan fingerprint density at radius 1 is 1.15 bits per heavy atom. The van der Waals surface area contributed by atoms with Crippen LogP contribution in [0.15, 0.2) is 35.9 Å². The van der Waals surface area contributed by atoms with Crippen molar-refractivity contribution in [2.24, 2.45) is 5.92 Å². The van der Waals surface area contributed by atoms with Gasteiger partial charge >= 0.3 is 11.9 Å². The molecule has 1 rings (SSSR count). The molecule has 0 spiro atoms. The van der Waals surface area contributed by atoms with Crippen LogP contribution < -0.4 is 0 Å². The van der Waals surface area contributed by atoms with Gasteiger partial charge in [-0.25, -0.2) is 0 Å². The van der Waals surface area contributed by atoms with Gasteiger partial charge in [0.15, 0.2) is 5.92 Å². The van der Waals surface area contributed by atoms with Crippen molar-refractivity contribution in [1.82, 2.24) is 0 Å². The summed E-state index contributed by atoms with van der Waals surface area (Å²) in [6.45, 7) is -0.177. The Hall–Kier alpha value is -2.14. The number of ether oxygens (including phenoxy) is 2. The lowest BCUT2D eigenvalue weighted by molar-refractivity contribution is -0.156. The highest BCUT2D eigenvalue weighted by atomic mass is 16.5. The van der Waals surface area contributed by atoms with Gasteiger partial charge in [-0.05, 0) is 17.6 Å². The number of methoxy groups -OCH3 is 2. The first-order chi connectivity index (χ1) is 9.63. The molecule has 0 fully saturated rings. The van der Waals surface area contributed by atoms with Gasteiger partial charge in [-0.2, -0.15) is 0 Å². The molecule has 0 aliphatic heterocycles. The lowest BCUT2D eigenvalue weighted by atomic mass is 9.94. The Morgan fingerprint density at radius 2 is 1.70 bits per heavy atom. The third-order valence-electron chi connectivity index (χ3n) is 2.80. The largest absolute Gasteiger partial charge is 0.468 e. The van der Waals surface area contributed by atoms with Crippen molar-refractivity contribution in [2.45, 2.75) is 6.42 Å². The molecule has 1 aromatic carbocycles. The van der Waals surface area contributed by atoms with Gasteiger partial charge in [0.05, 0.1) is 14.2 Å². The zero-order chi connectivity index (χ0) is 15.0. The van der Waals surface area contributed by atoms with E-state index in [-0.39, 0.29) is 13.0 Å². The van der Waals surface area contributed by atoms with Crippen LogP contribution in [-0.2, 0) is 19.1 Å². The Kier molecular flexibility index (Phi) is 6.46. The molecule has 0 aliphatic rings. The van der Waals surface area contributed by atoms with E-state index in [0.717, 1.165) is 5.56 Å². The first-order valence-electron chi connectivity index (χ1n) is 6.16. The maximum atomic E-state index is 11.8. The second kappa shape index (κ2) is 8.12. The van der Waals surface area contributed by atoms with Gasteiger partial charge in [-0.15, -0.1) is 0 Å². The monoisotopic (exact) mass is 278 g/mol. The molecule has 0 saturated carbocycles. The van der Waals surface area contributed by atoms with Crippen LogP contribution in [0.5, 0.6) is 0 Å². The van der Waals surface area contributed by atoms with E-state index in [0.29, 0.717) is 5.57 Å². The van der Waals surface area contributed by atoms with Gasteiger partial charge in [0, 0.05) is 6.61 Å². The topological polar surface area (TPSA) is 72.8 Å². The lowest BCUT2D eigenvalue weighted by Gasteiger charge is -2.16. The minimum atomic E-state index is -1.16. The summed E-state index contributed by atoms with van der Waals surface area (Å²) >= 11 is 0. The van der Waals surface area contributed by atoms with Gasteiger partial charge in [-0.3, -0.25) is 9.59 Å². The normalized spacial score (nSPS) is 11.3. The first-order valence-corrected chi connectivity index (χ1v) is 6.16.